The molecule has 0 aliphatic carbocycles. The molecule has 2 rings (SSSR count). The second kappa shape index (κ2) is 8.17. The summed E-state index contributed by atoms with van der Waals surface area (Å²) < 4.78 is 25.8. The molecule has 0 aliphatic rings. The van der Waals surface area contributed by atoms with Crippen LogP contribution in [0.3, 0.4) is 0 Å². The van der Waals surface area contributed by atoms with Crippen molar-refractivity contribution in [2.75, 3.05) is 15.9 Å². The lowest BCUT2D eigenvalue weighted by Gasteiger charge is -2.30. The molecule has 1 atom stereocenters. The van der Waals surface area contributed by atoms with Crippen LogP contribution in [0.5, 0.6) is 0 Å². The van der Waals surface area contributed by atoms with Crippen molar-refractivity contribution in [3.05, 3.63) is 64.2 Å². The molecule has 1 N–H and O–H groups in total. The molecule has 0 heterocycles. The lowest BCUT2D eigenvalue weighted by Crippen LogP contribution is -2.47. The third kappa shape index (κ3) is 5.04. The number of rotatable bonds is 7. The number of carbonyl (C=O) groups is 1. The van der Waals surface area contributed by atoms with Crippen LogP contribution in [-0.4, -0.2) is 31.5 Å². The summed E-state index contributed by atoms with van der Waals surface area (Å²) in [5, 5.41) is 13.5. The first kappa shape index (κ1) is 20.4. The van der Waals surface area contributed by atoms with E-state index in [-0.39, 0.29) is 17.8 Å². The molecule has 0 aromatic heterocycles. The van der Waals surface area contributed by atoms with Crippen LogP contribution in [0.25, 0.3) is 0 Å². The zero-order valence-corrected chi connectivity index (χ0v) is 16.1. The van der Waals surface area contributed by atoms with E-state index in [0.717, 1.165) is 16.1 Å². The zero-order valence-electron chi connectivity index (χ0n) is 15.2. The van der Waals surface area contributed by atoms with Crippen LogP contribution in [0.4, 0.5) is 17.1 Å². The van der Waals surface area contributed by atoms with E-state index in [2.05, 4.69) is 5.32 Å². The number of aryl methyl sites for hydroxylation is 1. The Bertz CT molecular complexity index is 942. The van der Waals surface area contributed by atoms with E-state index >= 15 is 0 Å². The standard InChI is InChI=1S/C18H21N3O5S/c1-4-17(18(22)19-14-6-5-7-16(12-14)21(23)24)20(27(3,25)26)15-10-8-13(2)9-11-15/h5-12,17H,4H2,1-3H3,(H,19,22)/t17-/m1/s1. The van der Waals surface area contributed by atoms with E-state index in [1.165, 1.54) is 24.3 Å². The summed E-state index contributed by atoms with van der Waals surface area (Å²) in [6.45, 7) is 3.57. The number of nitro groups is 1. The molecule has 0 radical (unpaired) electrons. The van der Waals surface area contributed by atoms with Crippen LogP contribution in [0.15, 0.2) is 48.5 Å². The van der Waals surface area contributed by atoms with Gasteiger partial charge in [-0.1, -0.05) is 30.7 Å². The third-order valence-corrected chi connectivity index (χ3v) is 5.12. The fraction of sp³-hybridized carbons (Fsp3) is 0.278. The van der Waals surface area contributed by atoms with Gasteiger partial charge >= 0.3 is 0 Å². The van der Waals surface area contributed by atoms with Crippen molar-refractivity contribution in [1.29, 1.82) is 0 Å². The number of carbonyl (C=O) groups excluding carboxylic acids is 1. The highest BCUT2D eigenvalue weighted by Crippen LogP contribution is 2.24. The molecule has 8 nitrogen and oxygen atoms in total. The van der Waals surface area contributed by atoms with Crippen molar-refractivity contribution in [3.8, 4) is 0 Å². The fourth-order valence-corrected chi connectivity index (χ4v) is 3.89. The number of nitrogens with zero attached hydrogens (tertiary/aromatic N) is 2. The molecule has 1 amide bonds. The number of hydrogen-bond donors (Lipinski definition) is 1. The number of amides is 1. The first-order chi connectivity index (χ1) is 12.6. The van der Waals surface area contributed by atoms with Crippen LogP contribution in [0, 0.1) is 17.0 Å². The van der Waals surface area contributed by atoms with Crippen LogP contribution in [0.1, 0.15) is 18.9 Å². The van der Waals surface area contributed by atoms with Crippen molar-refractivity contribution < 1.29 is 18.1 Å². The fourth-order valence-electron chi connectivity index (χ4n) is 2.67. The summed E-state index contributed by atoms with van der Waals surface area (Å²) in [5.41, 5.74) is 1.40. The van der Waals surface area contributed by atoms with Gasteiger partial charge in [-0.25, -0.2) is 8.42 Å². The van der Waals surface area contributed by atoms with E-state index < -0.39 is 26.9 Å². The van der Waals surface area contributed by atoms with Gasteiger partial charge in [-0.05, 0) is 31.5 Å². The van der Waals surface area contributed by atoms with Crippen molar-refractivity contribution in [3.63, 3.8) is 0 Å². The maximum absolute atomic E-state index is 12.8. The lowest BCUT2D eigenvalue weighted by atomic mass is 10.1. The first-order valence-electron chi connectivity index (χ1n) is 8.25. The monoisotopic (exact) mass is 391 g/mol. The highest BCUT2D eigenvalue weighted by molar-refractivity contribution is 7.92. The number of nitro benzene ring substituents is 1. The van der Waals surface area contributed by atoms with Gasteiger partial charge in [0.05, 0.1) is 16.9 Å². The Hall–Kier alpha value is -2.94. The minimum Gasteiger partial charge on any atom is -0.324 e. The molecule has 2 aromatic rings. The summed E-state index contributed by atoms with van der Waals surface area (Å²) in [6, 6.07) is 11.3. The number of hydrogen-bond acceptors (Lipinski definition) is 5. The molecule has 2 aromatic carbocycles. The normalized spacial score (nSPS) is 12.3. The average molecular weight is 391 g/mol. The smallest absolute Gasteiger partial charge is 0.271 e. The lowest BCUT2D eigenvalue weighted by molar-refractivity contribution is -0.384. The number of benzene rings is 2. The molecule has 0 bridgehead atoms. The summed E-state index contributed by atoms with van der Waals surface area (Å²) in [4.78, 5) is 23.1. The second-order valence-corrected chi connectivity index (χ2v) is 7.97. The van der Waals surface area contributed by atoms with Gasteiger partial charge in [0.1, 0.15) is 6.04 Å². The Labute approximate surface area is 158 Å². The Balaban J connectivity index is 2.36. The summed E-state index contributed by atoms with van der Waals surface area (Å²) in [7, 11) is -3.74. The second-order valence-electron chi connectivity index (χ2n) is 6.12. The van der Waals surface area contributed by atoms with Gasteiger partial charge in [0.2, 0.25) is 15.9 Å². The van der Waals surface area contributed by atoms with Gasteiger partial charge < -0.3 is 5.32 Å². The number of sulfonamides is 1. The minimum absolute atomic E-state index is 0.167. The minimum atomic E-state index is -3.74. The average Bonchev–Trinajstić information content (AvgIpc) is 2.59. The highest BCUT2D eigenvalue weighted by Gasteiger charge is 2.31. The van der Waals surface area contributed by atoms with E-state index in [1.54, 1.807) is 31.2 Å². The molecule has 144 valence electrons. The Morgan fingerprint density at radius 3 is 2.37 bits per heavy atom. The molecule has 0 spiro atoms. The summed E-state index contributed by atoms with van der Waals surface area (Å²) in [6.07, 6.45) is 1.26. The van der Waals surface area contributed by atoms with Crippen LogP contribution < -0.4 is 9.62 Å². The predicted octanol–water partition coefficient (Wildman–Crippen LogP) is 3.09. The molecule has 9 heteroatoms. The van der Waals surface area contributed by atoms with Crippen molar-refractivity contribution in [2.24, 2.45) is 0 Å². The number of non-ortho nitro benzene ring substituents is 1. The molecule has 0 saturated carbocycles. The molecule has 0 unspecified atom stereocenters. The molecule has 0 aliphatic heterocycles. The van der Waals surface area contributed by atoms with Gasteiger partial charge in [-0.15, -0.1) is 0 Å². The topological polar surface area (TPSA) is 110 Å². The molecular weight excluding hydrogens is 370 g/mol. The largest absolute Gasteiger partial charge is 0.324 e. The van der Waals surface area contributed by atoms with Crippen LogP contribution in [-0.2, 0) is 14.8 Å². The van der Waals surface area contributed by atoms with Crippen LogP contribution >= 0.6 is 0 Å². The first-order valence-corrected chi connectivity index (χ1v) is 10.1. The summed E-state index contributed by atoms with van der Waals surface area (Å²) >= 11 is 0. The molecule has 0 fully saturated rings. The Morgan fingerprint density at radius 2 is 1.85 bits per heavy atom. The van der Waals surface area contributed by atoms with Gasteiger partial charge in [-0.2, -0.15) is 0 Å². The maximum atomic E-state index is 12.8. The SMILES string of the molecule is CC[C@H](C(=O)Nc1cccc([N+](=O)[O-])c1)N(c1ccc(C)cc1)S(C)(=O)=O. The highest BCUT2D eigenvalue weighted by atomic mass is 32.2. The summed E-state index contributed by atoms with van der Waals surface area (Å²) in [5.74, 6) is -0.566. The van der Waals surface area contributed by atoms with Gasteiger partial charge in [-0.3, -0.25) is 19.2 Å². The van der Waals surface area contributed by atoms with Gasteiger partial charge in [0.25, 0.3) is 5.69 Å². The number of anilines is 2. The van der Waals surface area contributed by atoms with Gasteiger partial charge in [0, 0.05) is 17.8 Å². The van der Waals surface area contributed by atoms with E-state index in [4.69, 9.17) is 0 Å². The van der Waals surface area contributed by atoms with E-state index in [9.17, 15) is 23.3 Å². The van der Waals surface area contributed by atoms with Gasteiger partial charge in [0.15, 0.2) is 0 Å². The predicted molar refractivity (Wildman–Crippen MR) is 104 cm³/mol. The molecule has 27 heavy (non-hydrogen) atoms. The Kier molecular flexibility index (Phi) is 6.17. The quantitative estimate of drug-likeness (QED) is 0.576. The maximum Gasteiger partial charge on any atom is 0.271 e. The Morgan fingerprint density at radius 1 is 1.22 bits per heavy atom. The van der Waals surface area contributed by atoms with Crippen molar-refractivity contribution in [2.45, 2.75) is 26.3 Å². The zero-order chi connectivity index (χ0) is 20.2. The van der Waals surface area contributed by atoms with E-state index in [1.807, 2.05) is 6.92 Å². The number of nitrogens with one attached hydrogen (secondary N) is 1. The molecular formula is C18H21N3O5S. The van der Waals surface area contributed by atoms with Crippen LogP contribution in [0.2, 0.25) is 0 Å². The third-order valence-electron chi connectivity index (χ3n) is 3.94. The van der Waals surface area contributed by atoms with E-state index in [0.29, 0.717) is 5.69 Å². The van der Waals surface area contributed by atoms with Crippen molar-refractivity contribution in [1.82, 2.24) is 0 Å². The molecule has 0 saturated heterocycles. The van der Waals surface area contributed by atoms with Crippen molar-refractivity contribution >= 4 is 33.0 Å².